The third kappa shape index (κ3) is 4.22. The molecular weight excluding hydrogens is 304 g/mol. The molecule has 0 bridgehead atoms. The lowest BCUT2D eigenvalue weighted by molar-refractivity contribution is -0.127. The van der Waals surface area contributed by atoms with E-state index in [1.807, 2.05) is 23.1 Å². The van der Waals surface area contributed by atoms with E-state index in [0.29, 0.717) is 24.7 Å². The maximum absolute atomic E-state index is 12.2. The number of carbonyl (C=O) groups is 1. The number of likely N-dealkylation sites (tertiary alicyclic amines) is 1. The second kappa shape index (κ2) is 7.77. The molecule has 6 heteroatoms. The van der Waals surface area contributed by atoms with Crippen LogP contribution < -0.4 is 10.1 Å². The van der Waals surface area contributed by atoms with Crippen LogP contribution in [-0.4, -0.2) is 47.0 Å². The monoisotopic (exact) mass is 326 g/mol. The van der Waals surface area contributed by atoms with Crippen molar-refractivity contribution in [2.45, 2.75) is 25.3 Å². The van der Waals surface area contributed by atoms with Crippen LogP contribution in [0.2, 0.25) is 0 Å². The summed E-state index contributed by atoms with van der Waals surface area (Å²) in [4.78, 5) is 22.3. The summed E-state index contributed by atoms with van der Waals surface area (Å²) < 4.78 is 5.09. The lowest BCUT2D eigenvalue weighted by Crippen LogP contribution is -2.29. The first kappa shape index (κ1) is 16.2. The highest BCUT2D eigenvalue weighted by Crippen LogP contribution is 2.18. The van der Waals surface area contributed by atoms with Gasteiger partial charge in [-0.15, -0.1) is 0 Å². The molecule has 0 spiro atoms. The maximum atomic E-state index is 12.2. The van der Waals surface area contributed by atoms with Crippen molar-refractivity contribution in [3.05, 3.63) is 48.3 Å². The highest BCUT2D eigenvalue weighted by Gasteiger charge is 2.29. The Hall–Kier alpha value is -2.63. The second-order valence-corrected chi connectivity index (χ2v) is 5.92. The number of rotatable bonds is 7. The molecule has 24 heavy (non-hydrogen) atoms. The summed E-state index contributed by atoms with van der Waals surface area (Å²) in [6.45, 7) is 1.50. The van der Waals surface area contributed by atoms with E-state index in [2.05, 4.69) is 27.4 Å². The topological polar surface area (TPSA) is 67.3 Å². The van der Waals surface area contributed by atoms with E-state index in [-0.39, 0.29) is 11.9 Å². The van der Waals surface area contributed by atoms with Gasteiger partial charge in [-0.2, -0.15) is 0 Å². The molecule has 0 radical (unpaired) electrons. The number of aromatic nitrogens is 2. The third-order valence-corrected chi connectivity index (χ3v) is 4.15. The molecular formula is C18H22N4O2. The third-order valence-electron chi connectivity index (χ3n) is 4.15. The number of ether oxygens (including phenoxy) is 1. The minimum Gasteiger partial charge on any atom is -0.481 e. The molecule has 1 N–H and O–H groups in total. The van der Waals surface area contributed by atoms with Crippen LogP contribution in [0, 0.1) is 0 Å². The Balaban J connectivity index is 1.48. The molecule has 1 saturated heterocycles. The number of amides is 1. The molecule has 1 aromatic heterocycles. The van der Waals surface area contributed by atoms with Gasteiger partial charge in [0, 0.05) is 25.6 Å². The minimum absolute atomic E-state index is 0.0776. The van der Waals surface area contributed by atoms with Gasteiger partial charge in [0.05, 0.1) is 13.2 Å². The van der Waals surface area contributed by atoms with Crippen molar-refractivity contribution in [1.29, 1.82) is 0 Å². The van der Waals surface area contributed by atoms with Gasteiger partial charge in [0.2, 0.25) is 11.8 Å². The fourth-order valence-corrected chi connectivity index (χ4v) is 2.94. The van der Waals surface area contributed by atoms with Crippen LogP contribution in [0.5, 0.6) is 5.88 Å². The van der Waals surface area contributed by atoms with Crippen LogP contribution in [0.1, 0.15) is 18.4 Å². The van der Waals surface area contributed by atoms with Gasteiger partial charge >= 0.3 is 0 Å². The number of hydrogen-bond donors (Lipinski definition) is 1. The molecule has 2 aromatic rings. The van der Waals surface area contributed by atoms with Crippen LogP contribution >= 0.6 is 0 Å². The van der Waals surface area contributed by atoms with Gasteiger partial charge in [-0.1, -0.05) is 30.3 Å². The molecule has 1 unspecified atom stereocenters. The number of anilines is 1. The van der Waals surface area contributed by atoms with Crippen LogP contribution in [-0.2, 0) is 11.2 Å². The summed E-state index contributed by atoms with van der Waals surface area (Å²) in [6.07, 6.45) is 3.92. The van der Waals surface area contributed by atoms with Crippen molar-refractivity contribution >= 4 is 11.7 Å². The summed E-state index contributed by atoms with van der Waals surface area (Å²) in [5.74, 6) is 1.39. The van der Waals surface area contributed by atoms with Crippen LogP contribution in [0.3, 0.4) is 0 Å². The van der Waals surface area contributed by atoms with E-state index in [1.165, 1.54) is 11.9 Å². The quantitative estimate of drug-likeness (QED) is 0.844. The number of carbonyl (C=O) groups excluding carboxylic acids is 1. The molecule has 3 rings (SSSR count). The van der Waals surface area contributed by atoms with E-state index in [1.54, 1.807) is 13.2 Å². The van der Waals surface area contributed by atoms with Crippen molar-refractivity contribution in [3.8, 4) is 5.88 Å². The van der Waals surface area contributed by atoms with Gasteiger partial charge in [0.1, 0.15) is 12.1 Å². The molecule has 1 aliphatic rings. The molecule has 1 aliphatic heterocycles. The van der Waals surface area contributed by atoms with E-state index >= 15 is 0 Å². The summed E-state index contributed by atoms with van der Waals surface area (Å²) in [5, 5.41) is 3.29. The van der Waals surface area contributed by atoms with E-state index in [4.69, 9.17) is 4.74 Å². The predicted octanol–water partition coefficient (Wildman–Crippen LogP) is 2.13. The molecule has 1 amide bonds. The zero-order valence-corrected chi connectivity index (χ0v) is 13.8. The minimum atomic E-state index is 0.0776. The Morgan fingerprint density at radius 3 is 2.92 bits per heavy atom. The molecule has 1 atom stereocenters. The zero-order valence-electron chi connectivity index (χ0n) is 13.8. The van der Waals surface area contributed by atoms with Crippen molar-refractivity contribution < 1.29 is 9.53 Å². The molecule has 6 nitrogen and oxygen atoms in total. The molecule has 1 aromatic carbocycles. The Kier molecular flexibility index (Phi) is 5.25. The number of aryl methyl sites for hydroxylation is 1. The highest BCUT2D eigenvalue weighted by atomic mass is 16.5. The smallest absolute Gasteiger partial charge is 0.224 e. The van der Waals surface area contributed by atoms with Crippen molar-refractivity contribution in [2.24, 2.45) is 0 Å². The predicted molar refractivity (Wildman–Crippen MR) is 92.0 cm³/mol. The van der Waals surface area contributed by atoms with Crippen molar-refractivity contribution in [2.75, 3.05) is 25.5 Å². The average Bonchev–Trinajstić information content (AvgIpc) is 2.95. The Morgan fingerprint density at radius 1 is 1.29 bits per heavy atom. The summed E-state index contributed by atoms with van der Waals surface area (Å²) in [5.41, 5.74) is 1.31. The first-order valence-corrected chi connectivity index (χ1v) is 8.19. The molecule has 0 saturated carbocycles. The molecule has 2 heterocycles. The zero-order chi connectivity index (χ0) is 16.8. The average molecular weight is 326 g/mol. The number of nitrogens with one attached hydrogen (secondary N) is 1. The second-order valence-electron chi connectivity index (χ2n) is 5.92. The van der Waals surface area contributed by atoms with Gasteiger partial charge in [-0.3, -0.25) is 4.79 Å². The lowest BCUT2D eigenvalue weighted by Gasteiger charge is -2.17. The maximum Gasteiger partial charge on any atom is 0.224 e. The summed E-state index contributed by atoms with van der Waals surface area (Å²) >= 11 is 0. The first-order chi connectivity index (χ1) is 11.7. The molecule has 0 aliphatic carbocycles. The highest BCUT2D eigenvalue weighted by molar-refractivity contribution is 5.80. The molecule has 1 fully saturated rings. The van der Waals surface area contributed by atoms with Gasteiger partial charge in [0.25, 0.3) is 0 Å². The van der Waals surface area contributed by atoms with E-state index in [0.717, 1.165) is 19.4 Å². The first-order valence-electron chi connectivity index (χ1n) is 8.19. The van der Waals surface area contributed by atoms with Crippen LogP contribution in [0.4, 0.5) is 5.82 Å². The van der Waals surface area contributed by atoms with Gasteiger partial charge in [-0.25, -0.2) is 9.97 Å². The SMILES string of the molecule is COc1cc(NC2CC(=O)N(CCCc3ccccc3)C2)ncn1. The van der Waals surface area contributed by atoms with Gasteiger partial charge < -0.3 is 15.0 Å². The lowest BCUT2D eigenvalue weighted by atomic mass is 10.1. The van der Waals surface area contributed by atoms with Crippen molar-refractivity contribution in [3.63, 3.8) is 0 Å². The number of methoxy groups -OCH3 is 1. The Bertz CT molecular complexity index is 678. The van der Waals surface area contributed by atoms with E-state index < -0.39 is 0 Å². The number of nitrogens with zero attached hydrogens (tertiary/aromatic N) is 3. The standard InChI is InChI=1S/C18H22N4O2/c1-24-17-11-16(19-13-20-17)21-15-10-18(23)22(12-15)9-5-8-14-6-3-2-4-7-14/h2-4,6-7,11,13,15H,5,8-10,12H2,1H3,(H,19,20,21). The largest absolute Gasteiger partial charge is 0.481 e. The number of hydrogen-bond acceptors (Lipinski definition) is 5. The van der Waals surface area contributed by atoms with Gasteiger partial charge in [0.15, 0.2) is 0 Å². The number of benzene rings is 1. The molecule has 126 valence electrons. The fourth-order valence-electron chi connectivity index (χ4n) is 2.94. The van der Waals surface area contributed by atoms with E-state index in [9.17, 15) is 4.79 Å². The summed E-state index contributed by atoms with van der Waals surface area (Å²) in [7, 11) is 1.57. The van der Waals surface area contributed by atoms with Crippen molar-refractivity contribution in [1.82, 2.24) is 14.9 Å². The van der Waals surface area contributed by atoms with Crippen LogP contribution in [0.25, 0.3) is 0 Å². The fraction of sp³-hybridized carbons (Fsp3) is 0.389. The Labute approximate surface area is 141 Å². The normalized spacial score (nSPS) is 17.1. The van der Waals surface area contributed by atoms with Gasteiger partial charge in [-0.05, 0) is 18.4 Å². The van der Waals surface area contributed by atoms with Crippen LogP contribution in [0.15, 0.2) is 42.7 Å². The Morgan fingerprint density at radius 2 is 2.12 bits per heavy atom. The summed E-state index contributed by atoms with van der Waals surface area (Å²) in [6, 6.07) is 12.2.